The molecule has 0 radical (unpaired) electrons. The maximum Gasteiger partial charge on any atom is 0.0540 e. The van der Waals surface area contributed by atoms with Crippen molar-refractivity contribution in [1.82, 2.24) is 0 Å². The molecule has 0 aliphatic carbocycles. The maximum atomic E-state index is 2.40. The fraction of sp³-hybridized carbons (Fsp3) is 0. The third-order valence-electron chi connectivity index (χ3n) is 11.7. The molecule has 0 fully saturated rings. The molecule has 1 nitrogen and oxygen atoms in total. The molecule has 0 amide bonds. The second-order valence-electron chi connectivity index (χ2n) is 15.3. The van der Waals surface area contributed by atoms with Gasteiger partial charge in [0.05, 0.1) is 5.69 Å². The van der Waals surface area contributed by atoms with E-state index in [-0.39, 0.29) is 0 Å². The molecule has 0 aliphatic heterocycles. The third-order valence-corrected chi connectivity index (χ3v) is 12.8. The van der Waals surface area contributed by atoms with Gasteiger partial charge in [0.25, 0.3) is 0 Å². The fourth-order valence-corrected chi connectivity index (χ4v) is 9.74. The van der Waals surface area contributed by atoms with Crippen LogP contribution in [0.1, 0.15) is 0 Å². The lowest BCUT2D eigenvalue weighted by Gasteiger charge is -2.28. The molecule has 0 aliphatic rings. The third kappa shape index (κ3) is 6.73. The van der Waals surface area contributed by atoms with E-state index in [4.69, 9.17) is 0 Å². The molecule has 0 N–H and O–H groups in total. The first-order valence-electron chi connectivity index (χ1n) is 20.5. The highest BCUT2D eigenvalue weighted by Gasteiger charge is 2.18. The molecule has 11 rings (SSSR count). The number of fused-ring (bicyclic) bond motifs is 4. The number of hydrogen-bond acceptors (Lipinski definition) is 2. The van der Waals surface area contributed by atoms with E-state index < -0.39 is 0 Å². The molecule has 60 heavy (non-hydrogen) atoms. The normalized spacial score (nSPS) is 11.3. The van der Waals surface area contributed by atoms with Crippen LogP contribution in [0.3, 0.4) is 0 Å². The van der Waals surface area contributed by atoms with Gasteiger partial charge in [-0.25, -0.2) is 0 Å². The second-order valence-corrected chi connectivity index (χ2v) is 16.4. The minimum Gasteiger partial charge on any atom is -0.310 e. The SMILES string of the molecule is c1ccc(-c2cccc(-c3ccccc3N(c3ccc(-c4cccc(-c5ccc6ccccc6c5)c4)cc3)c3ccc(-c4ccc5c(c4)sc4ccccc45)cc3)c2)cc1. The van der Waals surface area contributed by atoms with Gasteiger partial charge in [-0.3, -0.25) is 0 Å². The number of thiophene rings is 1. The zero-order valence-electron chi connectivity index (χ0n) is 32.9. The molecular weight excluding hydrogens is 743 g/mol. The standard InChI is InChI=1S/C58H39NS/c1-2-12-40(13-3-1)46-17-11-19-50(38-46)53-20-6-8-22-56(53)59(52-33-28-43(29-34-52)49-30-35-55-54-21-7-9-23-57(54)60-58(55)39-49)51-31-26-42(27-32-51)45-16-10-18-47(36-45)48-25-24-41-14-4-5-15-44(41)37-48/h1-39H. The van der Waals surface area contributed by atoms with Crippen LogP contribution in [0.25, 0.3) is 86.6 Å². The van der Waals surface area contributed by atoms with Crippen LogP contribution in [0, 0.1) is 0 Å². The number of hydrogen-bond donors (Lipinski definition) is 0. The summed E-state index contributed by atoms with van der Waals surface area (Å²) in [4.78, 5) is 2.40. The first kappa shape index (κ1) is 35.6. The average Bonchev–Trinajstić information content (AvgIpc) is 3.70. The number of anilines is 3. The van der Waals surface area contributed by atoms with Gasteiger partial charge >= 0.3 is 0 Å². The van der Waals surface area contributed by atoms with Crippen molar-refractivity contribution in [2.75, 3.05) is 4.90 Å². The Bertz CT molecular complexity index is 3310. The summed E-state index contributed by atoms with van der Waals surface area (Å²) < 4.78 is 2.64. The molecule has 10 aromatic carbocycles. The van der Waals surface area contributed by atoms with Gasteiger partial charge in [-0.05, 0) is 122 Å². The molecular formula is C58H39NS. The predicted octanol–water partition coefficient (Wildman–Crippen LogP) is 17.0. The monoisotopic (exact) mass is 781 g/mol. The topological polar surface area (TPSA) is 3.24 Å². The first-order chi connectivity index (χ1) is 29.7. The van der Waals surface area contributed by atoms with Crippen LogP contribution in [0.5, 0.6) is 0 Å². The van der Waals surface area contributed by atoms with E-state index >= 15 is 0 Å². The van der Waals surface area contributed by atoms with Crippen molar-refractivity contribution in [2.45, 2.75) is 0 Å². The van der Waals surface area contributed by atoms with Gasteiger partial charge in [0.15, 0.2) is 0 Å². The van der Waals surface area contributed by atoms with Gasteiger partial charge in [0.1, 0.15) is 0 Å². The van der Waals surface area contributed by atoms with Crippen molar-refractivity contribution in [2.24, 2.45) is 0 Å². The molecule has 1 aromatic heterocycles. The second kappa shape index (κ2) is 15.3. The molecule has 11 aromatic rings. The van der Waals surface area contributed by atoms with Gasteiger partial charge in [-0.2, -0.15) is 0 Å². The van der Waals surface area contributed by atoms with Gasteiger partial charge in [-0.1, -0.05) is 176 Å². The highest BCUT2D eigenvalue weighted by molar-refractivity contribution is 7.25. The summed E-state index contributed by atoms with van der Waals surface area (Å²) in [5, 5.41) is 5.15. The van der Waals surface area contributed by atoms with Crippen molar-refractivity contribution in [3.63, 3.8) is 0 Å². The highest BCUT2D eigenvalue weighted by Crippen LogP contribution is 2.43. The average molecular weight is 782 g/mol. The summed E-state index contributed by atoms with van der Waals surface area (Å²) >= 11 is 1.86. The molecule has 0 saturated heterocycles. The highest BCUT2D eigenvalue weighted by atomic mass is 32.1. The summed E-state index contributed by atoms with van der Waals surface area (Å²) in [7, 11) is 0. The van der Waals surface area contributed by atoms with Crippen LogP contribution in [-0.4, -0.2) is 0 Å². The van der Waals surface area contributed by atoms with E-state index in [1.54, 1.807) is 0 Å². The fourth-order valence-electron chi connectivity index (χ4n) is 8.60. The van der Waals surface area contributed by atoms with Gasteiger partial charge in [0, 0.05) is 37.1 Å². The number of para-hydroxylation sites is 1. The maximum absolute atomic E-state index is 2.40. The lowest BCUT2D eigenvalue weighted by atomic mass is 9.96. The smallest absolute Gasteiger partial charge is 0.0540 e. The summed E-state index contributed by atoms with van der Waals surface area (Å²) in [5.74, 6) is 0. The van der Waals surface area contributed by atoms with Gasteiger partial charge in [0.2, 0.25) is 0 Å². The lowest BCUT2D eigenvalue weighted by molar-refractivity contribution is 1.28. The van der Waals surface area contributed by atoms with Crippen molar-refractivity contribution >= 4 is 59.3 Å². The van der Waals surface area contributed by atoms with Gasteiger partial charge in [-0.15, -0.1) is 11.3 Å². The van der Waals surface area contributed by atoms with Crippen molar-refractivity contribution < 1.29 is 0 Å². The molecule has 0 bridgehead atoms. The molecule has 0 unspecified atom stereocenters. The summed E-state index contributed by atoms with van der Waals surface area (Å²) in [6, 6.07) is 86.2. The van der Waals surface area contributed by atoms with E-state index in [0.717, 1.165) is 17.1 Å². The van der Waals surface area contributed by atoms with E-state index in [1.165, 1.54) is 86.6 Å². The Morgan fingerprint density at radius 1 is 0.267 bits per heavy atom. The van der Waals surface area contributed by atoms with Crippen LogP contribution in [-0.2, 0) is 0 Å². The van der Waals surface area contributed by atoms with Gasteiger partial charge < -0.3 is 4.90 Å². The van der Waals surface area contributed by atoms with Crippen molar-refractivity contribution in [3.8, 4) is 55.6 Å². The largest absolute Gasteiger partial charge is 0.310 e. The van der Waals surface area contributed by atoms with Crippen molar-refractivity contribution in [1.29, 1.82) is 0 Å². The zero-order chi connectivity index (χ0) is 39.8. The van der Waals surface area contributed by atoms with Crippen LogP contribution >= 0.6 is 11.3 Å². The van der Waals surface area contributed by atoms with Crippen LogP contribution < -0.4 is 4.90 Å². The Morgan fingerprint density at radius 2 is 0.750 bits per heavy atom. The minimum atomic E-state index is 1.09. The Hall–Kier alpha value is -7.52. The zero-order valence-corrected chi connectivity index (χ0v) is 33.7. The summed E-state index contributed by atoms with van der Waals surface area (Å²) in [6.07, 6.45) is 0. The number of benzene rings is 10. The van der Waals surface area contributed by atoms with E-state index in [0.29, 0.717) is 0 Å². The quantitative estimate of drug-likeness (QED) is 0.148. The Kier molecular flexibility index (Phi) is 9.11. The van der Waals surface area contributed by atoms with Crippen LogP contribution in [0.4, 0.5) is 17.1 Å². The number of nitrogens with zero attached hydrogens (tertiary/aromatic N) is 1. The first-order valence-corrected chi connectivity index (χ1v) is 21.3. The molecule has 1 heterocycles. The van der Waals surface area contributed by atoms with Crippen molar-refractivity contribution in [3.05, 3.63) is 237 Å². The summed E-state index contributed by atoms with van der Waals surface area (Å²) in [6.45, 7) is 0. The Labute approximate surface area is 354 Å². The Morgan fingerprint density at radius 3 is 1.50 bits per heavy atom. The van der Waals surface area contributed by atoms with E-state index in [2.05, 4.69) is 241 Å². The molecule has 282 valence electrons. The Balaban J connectivity index is 0.987. The predicted molar refractivity (Wildman–Crippen MR) is 259 cm³/mol. The van der Waals surface area contributed by atoms with E-state index in [9.17, 15) is 0 Å². The lowest BCUT2D eigenvalue weighted by Crippen LogP contribution is -2.11. The van der Waals surface area contributed by atoms with Crippen LogP contribution in [0.2, 0.25) is 0 Å². The molecule has 2 heteroatoms. The molecule has 0 atom stereocenters. The van der Waals surface area contributed by atoms with E-state index in [1.807, 2.05) is 11.3 Å². The van der Waals surface area contributed by atoms with Crippen LogP contribution in [0.15, 0.2) is 237 Å². The number of rotatable bonds is 8. The molecule has 0 spiro atoms. The molecule has 0 saturated carbocycles. The minimum absolute atomic E-state index is 1.09. The summed E-state index contributed by atoms with van der Waals surface area (Å²) in [5.41, 5.74) is 15.3.